The predicted octanol–water partition coefficient (Wildman–Crippen LogP) is 2.08. The number of hydrogen-bond acceptors (Lipinski definition) is 4. The summed E-state index contributed by atoms with van der Waals surface area (Å²) < 4.78 is 0. The highest BCUT2D eigenvalue weighted by Gasteiger charge is 2.03. The molecule has 0 atom stereocenters. The Hall–Kier alpha value is -0.970. The van der Waals surface area contributed by atoms with Gasteiger partial charge in [-0.25, -0.2) is 4.98 Å². The molecule has 0 aliphatic heterocycles. The highest BCUT2D eigenvalue weighted by molar-refractivity contribution is 7.12. The van der Waals surface area contributed by atoms with E-state index in [1.807, 2.05) is 13.8 Å². The standard InChI is InChI=1S/C3H2N2O2S.C2H6/c6-5(7)3-1-4-2-8-3;1-2/h1-2H;1-2H3. The zero-order valence-corrected chi connectivity index (χ0v) is 6.59. The third-order valence-electron chi connectivity index (χ3n) is 0.599. The third-order valence-corrected chi connectivity index (χ3v) is 1.32. The van der Waals surface area contributed by atoms with Crippen LogP contribution in [0.25, 0.3) is 0 Å². The summed E-state index contributed by atoms with van der Waals surface area (Å²) >= 11 is 1.02. The molecule has 0 amide bonds. The molecule has 10 heavy (non-hydrogen) atoms. The van der Waals surface area contributed by atoms with E-state index in [-0.39, 0.29) is 5.00 Å². The molecule has 0 saturated carbocycles. The second-order valence-electron chi connectivity index (χ2n) is 1.10. The first-order chi connectivity index (χ1) is 4.80. The van der Waals surface area contributed by atoms with Crippen LogP contribution >= 0.6 is 11.3 Å². The lowest BCUT2D eigenvalue weighted by Gasteiger charge is -1.75. The zero-order valence-electron chi connectivity index (χ0n) is 5.77. The Morgan fingerprint density at radius 1 is 1.70 bits per heavy atom. The van der Waals surface area contributed by atoms with E-state index in [1.54, 1.807) is 0 Å². The minimum absolute atomic E-state index is 0.0880. The van der Waals surface area contributed by atoms with Gasteiger partial charge >= 0.3 is 5.00 Å². The zero-order chi connectivity index (χ0) is 7.98. The molecule has 0 unspecified atom stereocenters. The summed E-state index contributed by atoms with van der Waals surface area (Å²) in [5, 5.41) is 9.93. The Morgan fingerprint density at radius 3 is 2.50 bits per heavy atom. The van der Waals surface area contributed by atoms with Crippen LogP contribution in [0.2, 0.25) is 0 Å². The lowest BCUT2D eigenvalue weighted by molar-refractivity contribution is -0.380. The van der Waals surface area contributed by atoms with Crippen LogP contribution in [0, 0.1) is 10.1 Å². The van der Waals surface area contributed by atoms with Crippen molar-refractivity contribution < 1.29 is 4.92 Å². The Morgan fingerprint density at radius 2 is 2.30 bits per heavy atom. The molecule has 0 aliphatic rings. The van der Waals surface area contributed by atoms with Crippen molar-refractivity contribution >= 4 is 16.3 Å². The summed E-state index contributed by atoms with van der Waals surface area (Å²) in [7, 11) is 0. The molecule has 0 aromatic carbocycles. The van der Waals surface area contributed by atoms with E-state index in [9.17, 15) is 10.1 Å². The molecule has 4 nitrogen and oxygen atoms in total. The van der Waals surface area contributed by atoms with Gasteiger partial charge in [0, 0.05) is 0 Å². The first-order valence-electron chi connectivity index (χ1n) is 2.83. The van der Waals surface area contributed by atoms with Crippen LogP contribution < -0.4 is 0 Å². The summed E-state index contributed by atoms with van der Waals surface area (Å²) in [5.41, 5.74) is 1.43. The van der Waals surface area contributed by atoms with E-state index < -0.39 is 4.92 Å². The van der Waals surface area contributed by atoms with E-state index in [0.717, 1.165) is 11.3 Å². The summed E-state index contributed by atoms with van der Waals surface area (Å²) in [6.07, 6.45) is 1.23. The first kappa shape index (κ1) is 9.03. The molecule has 0 saturated heterocycles. The number of rotatable bonds is 1. The summed E-state index contributed by atoms with van der Waals surface area (Å²) in [6.45, 7) is 4.00. The van der Waals surface area contributed by atoms with Crippen molar-refractivity contribution in [1.82, 2.24) is 4.98 Å². The average molecular weight is 160 g/mol. The van der Waals surface area contributed by atoms with Gasteiger partial charge in [0.25, 0.3) is 0 Å². The van der Waals surface area contributed by atoms with Crippen molar-refractivity contribution in [2.24, 2.45) is 0 Å². The smallest absolute Gasteiger partial charge is 0.257 e. The Kier molecular flexibility index (Phi) is 4.39. The highest BCUT2D eigenvalue weighted by Crippen LogP contribution is 2.14. The van der Waals surface area contributed by atoms with Gasteiger partial charge in [0.15, 0.2) is 0 Å². The van der Waals surface area contributed by atoms with Crippen LogP contribution in [-0.2, 0) is 0 Å². The molecule has 1 rings (SSSR count). The van der Waals surface area contributed by atoms with Crippen molar-refractivity contribution in [1.29, 1.82) is 0 Å². The SMILES string of the molecule is CC.O=[N+]([O-])c1cncs1. The quantitative estimate of drug-likeness (QED) is 0.466. The van der Waals surface area contributed by atoms with E-state index in [1.165, 1.54) is 11.7 Å². The molecule has 0 spiro atoms. The van der Waals surface area contributed by atoms with Crippen molar-refractivity contribution in [2.45, 2.75) is 13.8 Å². The van der Waals surface area contributed by atoms with E-state index in [4.69, 9.17) is 0 Å². The highest BCUT2D eigenvalue weighted by atomic mass is 32.1. The van der Waals surface area contributed by atoms with Gasteiger partial charge < -0.3 is 0 Å². The number of hydrogen-bond donors (Lipinski definition) is 0. The third kappa shape index (κ3) is 2.54. The topological polar surface area (TPSA) is 56.0 Å². The summed E-state index contributed by atoms with van der Waals surface area (Å²) in [6, 6.07) is 0. The van der Waals surface area contributed by atoms with Gasteiger partial charge in [-0.2, -0.15) is 0 Å². The fourth-order valence-corrected chi connectivity index (χ4v) is 0.737. The lowest BCUT2D eigenvalue weighted by atomic mass is 10.9. The number of nitro groups is 1. The molecule has 0 N–H and O–H groups in total. The maximum atomic E-state index is 9.84. The second kappa shape index (κ2) is 4.87. The number of nitrogens with zero attached hydrogens (tertiary/aromatic N) is 2. The van der Waals surface area contributed by atoms with Crippen molar-refractivity contribution in [3.8, 4) is 0 Å². The van der Waals surface area contributed by atoms with Gasteiger partial charge in [-0.15, -0.1) is 0 Å². The molecule has 0 radical (unpaired) electrons. The van der Waals surface area contributed by atoms with Gasteiger partial charge in [0.1, 0.15) is 6.20 Å². The minimum Gasteiger partial charge on any atom is -0.257 e. The first-order valence-corrected chi connectivity index (χ1v) is 3.71. The van der Waals surface area contributed by atoms with Crippen LogP contribution in [0.15, 0.2) is 11.7 Å². The van der Waals surface area contributed by atoms with Crippen molar-refractivity contribution in [3.63, 3.8) is 0 Å². The van der Waals surface area contributed by atoms with Crippen LogP contribution in [0.3, 0.4) is 0 Å². The van der Waals surface area contributed by atoms with Crippen LogP contribution in [0.1, 0.15) is 13.8 Å². The van der Waals surface area contributed by atoms with Crippen molar-refractivity contribution in [2.75, 3.05) is 0 Å². The molecule has 1 aromatic rings. The van der Waals surface area contributed by atoms with Gasteiger partial charge in [0.2, 0.25) is 0 Å². The van der Waals surface area contributed by atoms with Gasteiger partial charge in [-0.3, -0.25) is 10.1 Å². The Bertz CT molecular complexity index is 186. The molecule has 56 valence electrons. The molecular weight excluding hydrogens is 152 g/mol. The van der Waals surface area contributed by atoms with Gasteiger partial charge in [-0.05, 0) is 11.3 Å². The normalized spacial score (nSPS) is 7.80. The fraction of sp³-hybridized carbons (Fsp3) is 0.400. The summed E-state index contributed by atoms with van der Waals surface area (Å²) in [4.78, 5) is 12.9. The molecule has 0 fully saturated rings. The van der Waals surface area contributed by atoms with Crippen LogP contribution in [0.5, 0.6) is 0 Å². The monoisotopic (exact) mass is 160 g/mol. The minimum atomic E-state index is -0.461. The number of aromatic nitrogens is 1. The Balaban J connectivity index is 0.000000371. The average Bonchev–Trinajstić information content (AvgIpc) is 2.42. The van der Waals surface area contributed by atoms with E-state index in [0.29, 0.717) is 0 Å². The molecular formula is C5H8N2O2S. The Labute approximate surface area is 62.7 Å². The van der Waals surface area contributed by atoms with Crippen LogP contribution in [0.4, 0.5) is 5.00 Å². The van der Waals surface area contributed by atoms with E-state index in [2.05, 4.69) is 4.98 Å². The molecule has 0 aliphatic carbocycles. The molecule has 1 aromatic heterocycles. The van der Waals surface area contributed by atoms with Crippen LogP contribution in [-0.4, -0.2) is 9.91 Å². The molecule has 0 bridgehead atoms. The predicted molar refractivity (Wildman–Crippen MR) is 40.1 cm³/mol. The lowest BCUT2D eigenvalue weighted by Crippen LogP contribution is -1.80. The van der Waals surface area contributed by atoms with Crippen molar-refractivity contribution in [3.05, 3.63) is 21.8 Å². The maximum absolute atomic E-state index is 9.84. The second-order valence-corrected chi connectivity index (χ2v) is 1.96. The summed E-state index contributed by atoms with van der Waals surface area (Å²) in [5.74, 6) is 0. The molecule has 5 heteroatoms. The largest absolute Gasteiger partial charge is 0.343 e. The maximum Gasteiger partial charge on any atom is 0.343 e. The van der Waals surface area contributed by atoms with Gasteiger partial charge in [0.05, 0.1) is 10.4 Å². The fourth-order valence-electron chi connectivity index (χ4n) is 0.299. The van der Waals surface area contributed by atoms with Gasteiger partial charge in [-0.1, -0.05) is 13.8 Å². The number of thiazole rings is 1. The van der Waals surface area contributed by atoms with E-state index >= 15 is 0 Å². The molecule has 1 heterocycles.